The van der Waals surface area contributed by atoms with Crippen LogP contribution >= 0.6 is 0 Å². The molecule has 1 aliphatic carbocycles. The fourth-order valence-corrected chi connectivity index (χ4v) is 7.73. The van der Waals surface area contributed by atoms with Gasteiger partial charge in [-0.2, -0.15) is 0 Å². The molecule has 6 aromatic carbocycles. The van der Waals surface area contributed by atoms with Crippen molar-refractivity contribution in [2.75, 3.05) is 0 Å². The molecule has 0 amide bonds. The second-order valence-electron chi connectivity index (χ2n) is 14.6. The topological polar surface area (TPSA) is 55.1 Å². The molecule has 0 saturated heterocycles. The predicted molar refractivity (Wildman–Crippen MR) is 247 cm³/mol. The highest BCUT2D eigenvalue weighted by molar-refractivity contribution is 6.14. The van der Waals surface area contributed by atoms with Crippen molar-refractivity contribution in [3.8, 4) is 16.8 Å². The third-order valence-electron chi connectivity index (χ3n) is 10.7. The monoisotopic (exact) mass is 750 g/mol. The lowest BCUT2D eigenvalue weighted by atomic mass is 9.93. The molecular formula is C53H42N4O. The zero-order valence-corrected chi connectivity index (χ0v) is 32.4. The van der Waals surface area contributed by atoms with Crippen molar-refractivity contribution in [3.63, 3.8) is 0 Å². The summed E-state index contributed by atoms with van der Waals surface area (Å²) in [5.41, 5.74) is 12.0. The van der Waals surface area contributed by atoms with Gasteiger partial charge in [0.2, 0.25) is 0 Å². The van der Waals surface area contributed by atoms with Gasteiger partial charge in [0.25, 0.3) is 0 Å². The first kappa shape index (κ1) is 36.3. The summed E-state index contributed by atoms with van der Waals surface area (Å²) >= 11 is 0. The number of nitrogens with zero attached hydrogens (tertiary/aromatic N) is 4. The number of hydrogen-bond acceptors (Lipinski definition) is 3. The SMILES string of the molecule is C=N\C(=N/C=C\C=C/C=C/C=N/Cc1ccc2c(c1)oc1c(-n3c4ccc(C5=CCC(C)C=C5)cc4c4cc(-c5ccccc5)ccc43)cccc12)c1ccccc1. The van der Waals surface area contributed by atoms with E-state index in [0.29, 0.717) is 18.3 Å². The van der Waals surface area contributed by atoms with Crippen LogP contribution in [0.1, 0.15) is 30.0 Å². The molecule has 5 nitrogen and oxygen atoms in total. The number of rotatable bonds is 10. The minimum Gasteiger partial charge on any atom is -0.454 e. The van der Waals surface area contributed by atoms with Crippen molar-refractivity contribution in [1.29, 1.82) is 0 Å². The lowest BCUT2D eigenvalue weighted by molar-refractivity contribution is 0.665. The molecule has 8 aromatic rings. The Morgan fingerprint density at radius 2 is 1.45 bits per heavy atom. The average Bonchev–Trinajstić information content (AvgIpc) is 3.81. The van der Waals surface area contributed by atoms with Gasteiger partial charge < -0.3 is 8.98 Å². The first-order valence-electron chi connectivity index (χ1n) is 19.7. The molecule has 2 heterocycles. The molecule has 280 valence electrons. The van der Waals surface area contributed by atoms with Gasteiger partial charge in [-0.25, -0.2) is 9.98 Å². The lowest BCUT2D eigenvalue weighted by Crippen LogP contribution is -1.95. The first-order chi connectivity index (χ1) is 28.6. The van der Waals surface area contributed by atoms with Crippen molar-refractivity contribution in [2.45, 2.75) is 19.9 Å². The molecule has 2 aromatic heterocycles. The largest absolute Gasteiger partial charge is 0.454 e. The van der Waals surface area contributed by atoms with E-state index in [1.807, 2.05) is 66.9 Å². The Bertz CT molecular complexity index is 3020. The summed E-state index contributed by atoms with van der Waals surface area (Å²) in [6.45, 7) is 6.44. The van der Waals surface area contributed by atoms with E-state index in [1.165, 1.54) is 33.0 Å². The van der Waals surface area contributed by atoms with Crippen LogP contribution in [0.5, 0.6) is 0 Å². The molecule has 0 spiro atoms. The maximum Gasteiger partial charge on any atom is 0.159 e. The van der Waals surface area contributed by atoms with Crippen LogP contribution in [-0.4, -0.2) is 23.3 Å². The second kappa shape index (κ2) is 16.4. The van der Waals surface area contributed by atoms with E-state index < -0.39 is 0 Å². The first-order valence-corrected chi connectivity index (χ1v) is 19.7. The molecule has 0 fully saturated rings. The van der Waals surface area contributed by atoms with Crippen LogP contribution in [0.2, 0.25) is 0 Å². The molecule has 0 radical (unpaired) electrons. The smallest absolute Gasteiger partial charge is 0.159 e. The van der Waals surface area contributed by atoms with Crippen molar-refractivity contribution in [2.24, 2.45) is 20.9 Å². The van der Waals surface area contributed by atoms with Gasteiger partial charge in [-0.1, -0.05) is 140 Å². The van der Waals surface area contributed by atoms with E-state index in [-0.39, 0.29) is 0 Å². The van der Waals surface area contributed by atoms with Crippen LogP contribution in [0.3, 0.4) is 0 Å². The van der Waals surface area contributed by atoms with Gasteiger partial charge in [0.05, 0.1) is 23.3 Å². The fraction of sp³-hybridized carbons (Fsp3) is 0.0755. The van der Waals surface area contributed by atoms with Gasteiger partial charge in [0.15, 0.2) is 11.4 Å². The van der Waals surface area contributed by atoms with Crippen LogP contribution in [0, 0.1) is 5.92 Å². The Hall–Kier alpha value is -7.37. The van der Waals surface area contributed by atoms with Crippen molar-refractivity contribution < 1.29 is 4.42 Å². The highest BCUT2D eigenvalue weighted by Gasteiger charge is 2.19. The van der Waals surface area contributed by atoms with Gasteiger partial charge in [-0.05, 0) is 95.4 Å². The standard InChI is InChI=1S/C53H42N4O/c1-37-21-24-40(25-22-37)43-27-30-49-47(35-43)46-34-42(39-15-8-6-9-16-39)26-29-48(46)57(49)50-20-14-19-45-44-28-23-38(33-51(44)58-52(45)50)36-55-31-12-4-3-5-13-32-56-53(54-2)41-17-10-7-11-18-41/h3-21,23-35,37H,2,22,36H2,1H3/b5-3-,12-4+,32-13-,55-31+,56-53-. The molecule has 9 rings (SSSR count). The Morgan fingerprint density at radius 1 is 0.707 bits per heavy atom. The highest BCUT2D eigenvalue weighted by Crippen LogP contribution is 2.40. The average molecular weight is 751 g/mol. The predicted octanol–water partition coefficient (Wildman–Crippen LogP) is 13.7. The number of aromatic nitrogens is 1. The third kappa shape index (κ3) is 7.34. The Morgan fingerprint density at radius 3 is 2.22 bits per heavy atom. The maximum absolute atomic E-state index is 6.77. The van der Waals surface area contributed by atoms with E-state index >= 15 is 0 Å². The zero-order valence-electron chi connectivity index (χ0n) is 32.4. The molecule has 0 saturated carbocycles. The van der Waals surface area contributed by atoms with Crippen LogP contribution in [0.25, 0.3) is 66.1 Å². The van der Waals surface area contributed by atoms with Gasteiger partial charge in [-0.15, -0.1) is 0 Å². The minimum atomic E-state index is 0.544. The Kier molecular flexibility index (Phi) is 10.3. The second-order valence-corrected chi connectivity index (χ2v) is 14.6. The van der Waals surface area contributed by atoms with Gasteiger partial charge in [0, 0.05) is 39.5 Å². The van der Waals surface area contributed by atoms with Crippen molar-refractivity contribution >= 4 is 68.1 Å². The quantitative estimate of drug-likeness (QED) is 0.0780. The highest BCUT2D eigenvalue weighted by atomic mass is 16.3. The molecule has 1 aliphatic rings. The van der Waals surface area contributed by atoms with Crippen molar-refractivity contribution in [1.82, 2.24) is 4.57 Å². The molecule has 58 heavy (non-hydrogen) atoms. The normalized spacial score (nSPS) is 15.1. The molecule has 0 aliphatic heterocycles. The fourth-order valence-electron chi connectivity index (χ4n) is 7.73. The minimum absolute atomic E-state index is 0.544. The molecule has 0 N–H and O–H groups in total. The third-order valence-corrected chi connectivity index (χ3v) is 10.7. The van der Waals surface area contributed by atoms with Crippen LogP contribution in [-0.2, 0) is 6.54 Å². The van der Waals surface area contributed by atoms with Gasteiger partial charge in [-0.3, -0.25) is 4.99 Å². The number of benzene rings is 6. The number of amidine groups is 1. The van der Waals surface area contributed by atoms with Gasteiger partial charge >= 0.3 is 0 Å². The summed E-state index contributed by atoms with van der Waals surface area (Å²) in [6, 6.07) is 47.0. The number of fused-ring (bicyclic) bond motifs is 6. The molecular weight excluding hydrogens is 709 g/mol. The summed E-state index contributed by atoms with van der Waals surface area (Å²) in [7, 11) is 0. The summed E-state index contributed by atoms with van der Waals surface area (Å²) in [6.07, 6.45) is 21.1. The van der Waals surface area contributed by atoms with Crippen LogP contribution < -0.4 is 0 Å². The van der Waals surface area contributed by atoms with E-state index in [2.05, 4.69) is 155 Å². The summed E-state index contributed by atoms with van der Waals surface area (Å²) in [5, 5.41) is 4.62. The molecule has 5 heteroatoms. The zero-order chi connectivity index (χ0) is 39.3. The van der Waals surface area contributed by atoms with E-state index in [1.54, 1.807) is 6.20 Å². The van der Waals surface area contributed by atoms with Crippen LogP contribution in [0.4, 0.5) is 0 Å². The van der Waals surface area contributed by atoms with E-state index in [4.69, 9.17) is 4.42 Å². The van der Waals surface area contributed by atoms with E-state index in [0.717, 1.165) is 56.2 Å². The maximum atomic E-state index is 6.77. The summed E-state index contributed by atoms with van der Waals surface area (Å²) < 4.78 is 9.14. The molecule has 1 unspecified atom stereocenters. The number of allylic oxidation sites excluding steroid dienone is 9. The summed E-state index contributed by atoms with van der Waals surface area (Å²) in [4.78, 5) is 13.1. The number of furan rings is 1. The molecule has 0 bridgehead atoms. The lowest BCUT2D eigenvalue weighted by Gasteiger charge is -2.12. The van der Waals surface area contributed by atoms with E-state index in [9.17, 15) is 0 Å². The Balaban J connectivity index is 0.998. The summed E-state index contributed by atoms with van der Waals surface area (Å²) in [5.74, 6) is 1.15. The van der Waals surface area contributed by atoms with Crippen LogP contribution in [0.15, 0.2) is 208 Å². The van der Waals surface area contributed by atoms with Gasteiger partial charge in [0.1, 0.15) is 5.58 Å². The number of aliphatic imine (C=N–C) groups is 3. The number of hydrogen-bond donors (Lipinski definition) is 0. The van der Waals surface area contributed by atoms with Crippen molar-refractivity contribution in [3.05, 3.63) is 205 Å². The number of para-hydroxylation sites is 1. The molecule has 1 atom stereocenters. The Labute approximate surface area is 338 Å².